The van der Waals surface area contributed by atoms with Gasteiger partial charge in [-0.2, -0.15) is 0 Å². The molecule has 0 aromatic carbocycles. The smallest absolute Gasteiger partial charge is 0.151 e. The summed E-state index contributed by atoms with van der Waals surface area (Å²) in [6.07, 6.45) is -6.84. The van der Waals surface area contributed by atoms with E-state index in [1.54, 1.807) is 0 Å². The molecule has 15 heavy (non-hydrogen) atoms. The Morgan fingerprint density at radius 2 is 1.60 bits per heavy atom. The molecule has 0 radical (unpaired) electrons. The molecule has 7 heteroatoms. The Labute approximate surface area is 87.0 Å². The number of rotatable bonds is 5. The molecule has 4 atom stereocenters. The molecular weight excluding hydrogens is 206 g/mol. The van der Waals surface area contributed by atoms with Gasteiger partial charge in [-0.1, -0.05) is 0 Å². The average molecular weight is 223 g/mol. The number of nitrogens with one attached hydrogen (secondary N) is 1. The minimum Gasteiger partial charge on any atom is -0.394 e. The molecule has 90 valence electrons. The third kappa shape index (κ3) is 6.50. The van der Waals surface area contributed by atoms with Crippen molar-refractivity contribution in [1.29, 1.82) is 0 Å². The second-order valence-corrected chi connectivity index (χ2v) is 3.11. The van der Waals surface area contributed by atoms with Gasteiger partial charge in [0.2, 0.25) is 0 Å². The van der Waals surface area contributed by atoms with Crippen LogP contribution in [0.3, 0.4) is 0 Å². The zero-order valence-electron chi connectivity index (χ0n) is 8.15. The molecule has 0 saturated carbocycles. The van der Waals surface area contributed by atoms with Gasteiger partial charge in [-0.25, -0.2) is 0 Å². The van der Waals surface area contributed by atoms with E-state index in [9.17, 15) is 4.79 Å². The lowest BCUT2D eigenvalue weighted by Crippen LogP contribution is -2.46. The van der Waals surface area contributed by atoms with E-state index < -0.39 is 31.0 Å². The van der Waals surface area contributed by atoms with Gasteiger partial charge < -0.3 is 35.6 Å². The van der Waals surface area contributed by atoms with Crippen molar-refractivity contribution in [3.05, 3.63) is 0 Å². The van der Waals surface area contributed by atoms with E-state index in [0.29, 0.717) is 0 Å². The molecule has 0 spiro atoms. The molecule has 0 aliphatic carbocycles. The highest BCUT2D eigenvalue weighted by molar-refractivity contribution is 5.56. The maximum atomic E-state index is 9.90. The van der Waals surface area contributed by atoms with Crippen molar-refractivity contribution in [2.45, 2.75) is 24.4 Å². The lowest BCUT2D eigenvalue weighted by molar-refractivity contribution is -0.136. The van der Waals surface area contributed by atoms with E-state index in [1.165, 1.54) is 13.1 Å². The van der Waals surface area contributed by atoms with Crippen molar-refractivity contribution in [2.75, 3.05) is 19.7 Å². The Balaban J connectivity index is 0.000000548. The van der Waals surface area contributed by atoms with Crippen LogP contribution >= 0.6 is 0 Å². The topological polar surface area (TPSA) is 140 Å². The SMILES string of the molecule is C1CN1.O=CC(O)C(O)C(O)C(O)CO. The first kappa shape index (κ1) is 14.4. The summed E-state index contributed by atoms with van der Waals surface area (Å²) in [6, 6.07) is 0. The van der Waals surface area contributed by atoms with Crippen LogP contribution in [-0.4, -0.2) is 75.9 Å². The van der Waals surface area contributed by atoms with Crippen LogP contribution in [0.4, 0.5) is 0 Å². The molecule has 1 fully saturated rings. The third-order valence-corrected chi connectivity index (χ3v) is 1.67. The fraction of sp³-hybridized carbons (Fsp3) is 0.875. The van der Waals surface area contributed by atoms with E-state index >= 15 is 0 Å². The zero-order valence-corrected chi connectivity index (χ0v) is 8.15. The van der Waals surface area contributed by atoms with Crippen molar-refractivity contribution in [1.82, 2.24) is 5.32 Å². The van der Waals surface area contributed by atoms with Crippen molar-refractivity contribution >= 4 is 6.29 Å². The van der Waals surface area contributed by atoms with Crippen LogP contribution in [0.15, 0.2) is 0 Å². The monoisotopic (exact) mass is 223 g/mol. The van der Waals surface area contributed by atoms with E-state index in [0.717, 1.165) is 0 Å². The predicted molar refractivity (Wildman–Crippen MR) is 50.0 cm³/mol. The number of hydrogen-bond donors (Lipinski definition) is 6. The molecule has 4 unspecified atom stereocenters. The Bertz CT molecular complexity index is 174. The highest BCUT2D eigenvalue weighted by Crippen LogP contribution is 2.02. The maximum absolute atomic E-state index is 9.90. The summed E-state index contributed by atoms with van der Waals surface area (Å²) >= 11 is 0. The van der Waals surface area contributed by atoms with E-state index in [4.69, 9.17) is 25.5 Å². The van der Waals surface area contributed by atoms with Gasteiger partial charge in [-0.05, 0) is 0 Å². The highest BCUT2D eigenvalue weighted by atomic mass is 16.4. The molecule has 1 rings (SSSR count). The summed E-state index contributed by atoms with van der Waals surface area (Å²) in [5.41, 5.74) is 0. The summed E-state index contributed by atoms with van der Waals surface area (Å²) in [4.78, 5) is 9.90. The third-order valence-electron chi connectivity index (χ3n) is 1.67. The van der Waals surface area contributed by atoms with Crippen LogP contribution in [0.2, 0.25) is 0 Å². The summed E-state index contributed by atoms with van der Waals surface area (Å²) < 4.78 is 0. The lowest BCUT2D eigenvalue weighted by Gasteiger charge is -2.22. The van der Waals surface area contributed by atoms with E-state index in [2.05, 4.69) is 5.32 Å². The van der Waals surface area contributed by atoms with E-state index in [1.807, 2.05) is 0 Å². The summed E-state index contributed by atoms with van der Waals surface area (Å²) in [5, 5.41) is 46.5. The van der Waals surface area contributed by atoms with Gasteiger partial charge >= 0.3 is 0 Å². The van der Waals surface area contributed by atoms with E-state index in [-0.39, 0.29) is 6.29 Å². The molecule has 1 saturated heterocycles. The van der Waals surface area contributed by atoms with Crippen LogP contribution in [0, 0.1) is 0 Å². The standard InChI is InChI=1S/C6H12O6.C2H5N/c7-1-3(9)5(11)6(12)4(10)2-8;1-2-3-1/h1,3-6,8-12H,2H2;3H,1-2H2. The zero-order chi connectivity index (χ0) is 11.8. The molecule has 0 aromatic heterocycles. The maximum Gasteiger partial charge on any atom is 0.151 e. The number of aliphatic hydroxyl groups excluding tert-OH is 5. The molecule has 6 N–H and O–H groups in total. The predicted octanol–water partition coefficient (Wildman–Crippen LogP) is -3.79. The van der Waals surface area contributed by atoms with Crippen molar-refractivity contribution in [2.24, 2.45) is 0 Å². The van der Waals surface area contributed by atoms with Gasteiger partial charge in [0.1, 0.15) is 24.4 Å². The molecule has 1 aliphatic heterocycles. The molecule has 1 heterocycles. The van der Waals surface area contributed by atoms with Crippen LogP contribution in [0.1, 0.15) is 0 Å². The molecule has 0 amide bonds. The number of aliphatic hydroxyl groups is 5. The second-order valence-electron chi connectivity index (χ2n) is 3.11. The molecule has 0 bridgehead atoms. The Morgan fingerprint density at radius 1 is 1.13 bits per heavy atom. The summed E-state index contributed by atoms with van der Waals surface area (Å²) in [6.45, 7) is 1.74. The van der Waals surface area contributed by atoms with Gasteiger partial charge in [-0.3, -0.25) is 0 Å². The van der Waals surface area contributed by atoms with Crippen molar-refractivity contribution < 1.29 is 30.3 Å². The largest absolute Gasteiger partial charge is 0.394 e. The number of aldehydes is 1. The Kier molecular flexibility index (Phi) is 7.39. The van der Waals surface area contributed by atoms with Gasteiger partial charge in [-0.15, -0.1) is 0 Å². The molecule has 0 aromatic rings. The van der Waals surface area contributed by atoms with Crippen LogP contribution in [0.25, 0.3) is 0 Å². The first-order valence-electron chi connectivity index (χ1n) is 4.53. The summed E-state index contributed by atoms with van der Waals surface area (Å²) in [5.74, 6) is 0. The van der Waals surface area contributed by atoms with Crippen LogP contribution in [-0.2, 0) is 4.79 Å². The minimum atomic E-state index is -1.79. The normalized spacial score (nSPS) is 21.7. The van der Waals surface area contributed by atoms with Gasteiger partial charge in [0.25, 0.3) is 0 Å². The number of carbonyl (C=O) groups excluding carboxylic acids is 1. The summed E-state index contributed by atoms with van der Waals surface area (Å²) in [7, 11) is 0. The second kappa shape index (κ2) is 7.69. The van der Waals surface area contributed by atoms with Gasteiger partial charge in [0, 0.05) is 13.1 Å². The molecule has 1 aliphatic rings. The average Bonchev–Trinajstić information content (AvgIpc) is 3.12. The fourth-order valence-corrected chi connectivity index (χ4v) is 0.618. The first-order chi connectivity index (χ1) is 7.04. The van der Waals surface area contributed by atoms with Crippen LogP contribution in [0.5, 0.6) is 0 Å². The minimum absolute atomic E-state index is 0.0258. The molecular formula is C8H17NO6. The first-order valence-corrected chi connectivity index (χ1v) is 4.53. The molecule has 7 nitrogen and oxygen atoms in total. The number of hydrogen-bond acceptors (Lipinski definition) is 7. The quantitative estimate of drug-likeness (QED) is 0.207. The van der Waals surface area contributed by atoms with Crippen molar-refractivity contribution in [3.63, 3.8) is 0 Å². The fourth-order valence-electron chi connectivity index (χ4n) is 0.618. The Morgan fingerprint density at radius 3 is 1.87 bits per heavy atom. The van der Waals surface area contributed by atoms with Gasteiger partial charge in [0.15, 0.2) is 6.29 Å². The highest BCUT2D eigenvalue weighted by Gasteiger charge is 2.29. The lowest BCUT2D eigenvalue weighted by atomic mass is 10.0. The van der Waals surface area contributed by atoms with Gasteiger partial charge in [0.05, 0.1) is 6.61 Å². The number of carbonyl (C=O) groups is 1. The van der Waals surface area contributed by atoms with Crippen LogP contribution < -0.4 is 5.32 Å². The Hall–Kier alpha value is -0.570. The van der Waals surface area contributed by atoms with Crippen molar-refractivity contribution in [3.8, 4) is 0 Å².